The van der Waals surface area contributed by atoms with Crippen LogP contribution in [0.2, 0.25) is 0 Å². The summed E-state index contributed by atoms with van der Waals surface area (Å²) in [5.41, 5.74) is 1.24. The zero-order valence-corrected chi connectivity index (χ0v) is 16.7. The number of likely N-dealkylation sites (tertiary alicyclic amines) is 1. The average Bonchev–Trinajstić information content (AvgIpc) is 3.09. The van der Waals surface area contributed by atoms with Gasteiger partial charge in [-0.15, -0.1) is 0 Å². The lowest BCUT2D eigenvalue weighted by molar-refractivity contribution is 0.141. The summed E-state index contributed by atoms with van der Waals surface area (Å²) in [4.78, 5) is 9.11. The summed E-state index contributed by atoms with van der Waals surface area (Å²) in [6, 6.07) is 8.82. The van der Waals surface area contributed by atoms with Crippen LogP contribution in [-0.2, 0) is 11.3 Å². The molecule has 6 nitrogen and oxygen atoms in total. The van der Waals surface area contributed by atoms with Crippen molar-refractivity contribution >= 4 is 5.96 Å². The van der Waals surface area contributed by atoms with Crippen LogP contribution in [-0.4, -0.2) is 75.9 Å². The standard InChI is InChI=1S/C20H34N4O2/c1-5-26-19-10-8-17(9-11-19)16-23(3)20(21-2)22-15-18-7-6-12-24(18)13-14-25-4/h8-11,18H,5-7,12-16H2,1-4H3,(H,21,22). The molecule has 2 rings (SSSR count). The molecule has 1 atom stereocenters. The van der Waals surface area contributed by atoms with Crippen LogP contribution in [0.4, 0.5) is 0 Å². The molecule has 1 saturated heterocycles. The lowest BCUT2D eigenvalue weighted by Crippen LogP contribution is -2.45. The van der Waals surface area contributed by atoms with E-state index in [4.69, 9.17) is 9.47 Å². The maximum absolute atomic E-state index is 5.50. The highest BCUT2D eigenvalue weighted by molar-refractivity contribution is 5.79. The van der Waals surface area contributed by atoms with Crippen LogP contribution in [0.1, 0.15) is 25.3 Å². The second-order valence-corrected chi connectivity index (χ2v) is 6.69. The summed E-state index contributed by atoms with van der Waals surface area (Å²) in [5, 5.41) is 3.54. The number of rotatable bonds is 9. The van der Waals surface area contributed by atoms with Crippen molar-refractivity contribution in [2.75, 3.05) is 54.1 Å². The van der Waals surface area contributed by atoms with Gasteiger partial charge in [-0.25, -0.2) is 0 Å². The van der Waals surface area contributed by atoms with E-state index < -0.39 is 0 Å². The molecule has 146 valence electrons. The largest absolute Gasteiger partial charge is 0.494 e. The first-order valence-corrected chi connectivity index (χ1v) is 9.54. The molecule has 0 bridgehead atoms. The van der Waals surface area contributed by atoms with Crippen molar-refractivity contribution in [3.63, 3.8) is 0 Å². The minimum Gasteiger partial charge on any atom is -0.494 e. The highest BCUT2D eigenvalue weighted by Crippen LogP contribution is 2.16. The fourth-order valence-electron chi connectivity index (χ4n) is 3.43. The molecule has 1 fully saturated rings. The fraction of sp³-hybridized carbons (Fsp3) is 0.650. The third-order valence-corrected chi connectivity index (χ3v) is 4.80. The van der Waals surface area contributed by atoms with E-state index in [0.717, 1.165) is 44.5 Å². The third kappa shape index (κ3) is 6.18. The van der Waals surface area contributed by atoms with Gasteiger partial charge >= 0.3 is 0 Å². The normalized spacial score (nSPS) is 18.2. The molecule has 0 amide bonds. The van der Waals surface area contributed by atoms with Crippen LogP contribution >= 0.6 is 0 Å². The molecule has 1 N–H and O–H groups in total. The number of guanidine groups is 1. The topological polar surface area (TPSA) is 49.3 Å². The van der Waals surface area contributed by atoms with Crippen molar-refractivity contribution < 1.29 is 9.47 Å². The quantitative estimate of drug-likeness (QED) is 0.539. The van der Waals surface area contributed by atoms with Crippen LogP contribution in [0, 0.1) is 0 Å². The summed E-state index contributed by atoms with van der Waals surface area (Å²) in [5.74, 6) is 1.84. The molecule has 0 radical (unpaired) electrons. The Balaban J connectivity index is 1.83. The summed E-state index contributed by atoms with van der Waals surface area (Å²) in [6.45, 7) is 7.38. The average molecular weight is 363 g/mol. The number of hydrogen-bond acceptors (Lipinski definition) is 4. The van der Waals surface area contributed by atoms with Crippen molar-refractivity contribution in [3.05, 3.63) is 29.8 Å². The van der Waals surface area contributed by atoms with Crippen molar-refractivity contribution in [2.24, 2.45) is 4.99 Å². The molecule has 0 saturated carbocycles. The van der Waals surface area contributed by atoms with E-state index in [1.807, 2.05) is 26.1 Å². The van der Waals surface area contributed by atoms with Gasteiger partial charge in [0.1, 0.15) is 5.75 Å². The SMILES string of the molecule is CCOc1ccc(CN(C)C(=NC)NCC2CCCN2CCOC)cc1. The molecule has 1 aliphatic heterocycles. The predicted molar refractivity (Wildman–Crippen MR) is 107 cm³/mol. The molecule has 0 aliphatic carbocycles. The van der Waals surface area contributed by atoms with Crippen molar-refractivity contribution in [1.29, 1.82) is 0 Å². The number of benzene rings is 1. The maximum Gasteiger partial charge on any atom is 0.193 e. The Morgan fingerprint density at radius 1 is 1.35 bits per heavy atom. The number of methoxy groups -OCH3 is 1. The Kier molecular flexibility index (Phi) is 8.71. The minimum absolute atomic E-state index is 0.556. The number of nitrogens with zero attached hydrogens (tertiary/aromatic N) is 3. The molecule has 6 heteroatoms. The molecule has 1 heterocycles. The van der Waals surface area contributed by atoms with Gasteiger partial charge in [0.15, 0.2) is 5.96 Å². The molecule has 26 heavy (non-hydrogen) atoms. The highest BCUT2D eigenvalue weighted by Gasteiger charge is 2.24. The summed E-state index contributed by atoms with van der Waals surface area (Å²) < 4.78 is 10.7. The van der Waals surface area contributed by atoms with E-state index in [-0.39, 0.29) is 0 Å². The van der Waals surface area contributed by atoms with Crippen molar-refractivity contribution in [3.8, 4) is 5.75 Å². The summed E-state index contributed by atoms with van der Waals surface area (Å²) in [7, 11) is 5.68. The van der Waals surface area contributed by atoms with Gasteiger partial charge in [0.2, 0.25) is 0 Å². The molecule has 1 unspecified atom stereocenters. The smallest absolute Gasteiger partial charge is 0.193 e. The van der Waals surface area contributed by atoms with E-state index >= 15 is 0 Å². The molecule has 1 aliphatic rings. The third-order valence-electron chi connectivity index (χ3n) is 4.80. The zero-order chi connectivity index (χ0) is 18.8. The number of hydrogen-bond donors (Lipinski definition) is 1. The highest BCUT2D eigenvalue weighted by atomic mass is 16.5. The van der Waals surface area contributed by atoms with Crippen LogP contribution in [0.5, 0.6) is 5.75 Å². The summed E-state index contributed by atoms with van der Waals surface area (Å²) >= 11 is 0. The first kappa shape index (κ1) is 20.5. The van der Waals surface area contributed by atoms with E-state index in [9.17, 15) is 0 Å². The minimum atomic E-state index is 0.556. The van der Waals surface area contributed by atoms with Gasteiger partial charge in [-0.1, -0.05) is 12.1 Å². The number of nitrogens with one attached hydrogen (secondary N) is 1. The Labute approximate surface area is 158 Å². The molecule has 0 spiro atoms. The van der Waals surface area contributed by atoms with Gasteiger partial charge in [0.05, 0.1) is 13.2 Å². The van der Waals surface area contributed by atoms with Gasteiger partial charge in [-0.05, 0) is 44.0 Å². The van der Waals surface area contributed by atoms with E-state index in [0.29, 0.717) is 12.6 Å². The molecule has 1 aromatic carbocycles. The molecule has 0 aromatic heterocycles. The zero-order valence-electron chi connectivity index (χ0n) is 16.7. The van der Waals surface area contributed by atoms with E-state index in [1.165, 1.54) is 18.4 Å². The Morgan fingerprint density at radius 3 is 2.77 bits per heavy atom. The number of aliphatic imine (C=N–C) groups is 1. The molecular weight excluding hydrogens is 328 g/mol. The lowest BCUT2D eigenvalue weighted by atomic mass is 10.2. The van der Waals surface area contributed by atoms with Crippen LogP contribution in [0.15, 0.2) is 29.3 Å². The van der Waals surface area contributed by atoms with Crippen LogP contribution in [0.3, 0.4) is 0 Å². The second-order valence-electron chi connectivity index (χ2n) is 6.69. The number of ether oxygens (including phenoxy) is 2. The first-order chi connectivity index (χ1) is 12.7. The van der Waals surface area contributed by atoms with Crippen molar-refractivity contribution in [2.45, 2.75) is 32.4 Å². The van der Waals surface area contributed by atoms with Gasteiger partial charge in [0, 0.05) is 46.9 Å². The molecule has 1 aromatic rings. The van der Waals surface area contributed by atoms with Crippen LogP contribution < -0.4 is 10.1 Å². The summed E-state index contributed by atoms with van der Waals surface area (Å²) in [6.07, 6.45) is 2.49. The monoisotopic (exact) mass is 362 g/mol. The van der Waals surface area contributed by atoms with Gasteiger partial charge in [0.25, 0.3) is 0 Å². The lowest BCUT2D eigenvalue weighted by Gasteiger charge is -2.27. The Hall–Kier alpha value is -1.79. The Bertz CT molecular complexity index is 547. The van der Waals surface area contributed by atoms with Gasteiger partial charge < -0.3 is 19.7 Å². The van der Waals surface area contributed by atoms with Gasteiger partial charge in [-0.3, -0.25) is 9.89 Å². The van der Waals surface area contributed by atoms with E-state index in [1.54, 1.807) is 7.11 Å². The fourth-order valence-corrected chi connectivity index (χ4v) is 3.43. The Morgan fingerprint density at radius 2 is 2.12 bits per heavy atom. The molecular formula is C20H34N4O2. The van der Waals surface area contributed by atoms with Gasteiger partial charge in [-0.2, -0.15) is 0 Å². The van der Waals surface area contributed by atoms with E-state index in [2.05, 4.69) is 39.3 Å². The van der Waals surface area contributed by atoms with Crippen LogP contribution in [0.25, 0.3) is 0 Å². The first-order valence-electron chi connectivity index (χ1n) is 9.54. The predicted octanol–water partition coefficient (Wildman–Crippen LogP) is 2.20. The second kappa shape index (κ2) is 11.0. The van der Waals surface area contributed by atoms with Crippen molar-refractivity contribution in [1.82, 2.24) is 15.1 Å². The maximum atomic E-state index is 5.50.